The van der Waals surface area contributed by atoms with Crippen molar-refractivity contribution in [3.63, 3.8) is 0 Å². The zero-order chi connectivity index (χ0) is 23.3. The van der Waals surface area contributed by atoms with Gasteiger partial charge in [-0.2, -0.15) is 0 Å². The fourth-order valence-electron chi connectivity index (χ4n) is 5.15. The largest absolute Gasteiger partial charge is 0.464 e. The van der Waals surface area contributed by atoms with Gasteiger partial charge in [-0.25, -0.2) is 4.79 Å². The van der Waals surface area contributed by atoms with Gasteiger partial charge < -0.3 is 14.6 Å². The molecule has 5 rings (SSSR count). The van der Waals surface area contributed by atoms with Crippen LogP contribution >= 0.6 is 0 Å². The molecule has 2 saturated heterocycles. The minimum absolute atomic E-state index is 0.0195. The number of fused-ring (bicyclic) bond motifs is 1. The maximum absolute atomic E-state index is 13.1. The number of nitrogens with zero attached hydrogens (tertiary/aromatic N) is 1. The van der Waals surface area contributed by atoms with Crippen LogP contribution in [0.3, 0.4) is 0 Å². The van der Waals surface area contributed by atoms with Crippen molar-refractivity contribution in [1.29, 1.82) is 0 Å². The van der Waals surface area contributed by atoms with E-state index < -0.39 is 17.5 Å². The number of benzene rings is 2. The molecule has 2 N–H and O–H groups in total. The first-order chi connectivity index (χ1) is 15.8. The number of piperidine rings is 1. The number of urea groups is 1. The standard InChI is InChI=1S/C26H27N3O4/c1-15-12-16(2)22-20(14-33-21(22)13-15)17-8-10-29(11-9-17)23(30)18-4-6-19(7-5-18)26(3)24(31)27-25(32)28-26/h4-7,12-14,17H,8-11H2,1-3H3,(H2,27,28,31,32). The molecule has 0 aliphatic carbocycles. The Hall–Kier alpha value is -3.61. The van der Waals surface area contributed by atoms with Crippen molar-refractivity contribution < 1.29 is 18.8 Å². The predicted octanol–water partition coefficient (Wildman–Crippen LogP) is 4.12. The second kappa shape index (κ2) is 7.76. The van der Waals surface area contributed by atoms with Gasteiger partial charge in [0.1, 0.15) is 11.1 Å². The Bertz CT molecular complexity index is 1270. The summed E-state index contributed by atoms with van der Waals surface area (Å²) >= 11 is 0. The summed E-state index contributed by atoms with van der Waals surface area (Å²) in [7, 11) is 0. The number of likely N-dealkylation sites (tertiary alicyclic amines) is 1. The van der Waals surface area contributed by atoms with Gasteiger partial charge in [0, 0.05) is 29.6 Å². The summed E-state index contributed by atoms with van der Waals surface area (Å²) < 4.78 is 5.85. The van der Waals surface area contributed by atoms with Crippen molar-refractivity contribution >= 4 is 28.8 Å². The van der Waals surface area contributed by atoms with Crippen molar-refractivity contribution in [2.75, 3.05) is 13.1 Å². The summed E-state index contributed by atoms with van der Waals surface area (Å²) in [5.74, 6) is -0.0525. The summed E-state index contributed by atoms with van der Waals surface area (Å²) in [5.41, 5.74) is 4.68. The molecule has 3 aromatic rings. The number of rotatable bonds is 3. The van der Waals surface area contributed by atoms with Crippen LogP contribution in [0.25, 0.3) is 11.0 Å². The third-order valence-electron chi connectivity index (χ3n) is 7.02. The molecule has 170 valence electrons. The lowest BCUT2D eigenvalue weighted by atomic mass is 9.87. The van der Waals surface area contributed by atoms with E-state index in [2.05, 4.69) is 36.6 Å². The van der Waals surface area contributed by atoms with Crippen molar-refractivity contribution in [3.05, 3.63) is 70.5 Å². The molecule has 2 aromatic carbocycles. The first-order valence-electron chi connectivity index (χ1n) is 11.3. The molecule has 2 aliphatic rings. The SMILES string of the molecule is Cc1cc(C)c2c(C3CCN(C(=O)c4ccc(C5(C)NC(=O)NC5=O)cc4)CC3)coc2c1. The fourth-order valence-corrected chi connectivity index (χ4v) is 5.15. The van der Waals surface area contributed by atoms with Crippen molar-refractivity contribution in [1.82, 2.24) is 15.5 Å². The van der Waals surface area contributed by atoms with Crippen molar-refractivity contribution in [3.8, 4) is 0 Å². The Morgan fingerprint density at radius 3 is 2.42 bits per heavy atom. The van der Waals surface area contributed by atoms with Gasteiger partial charge in [0.2, 0.25) is 0 Å². The molecular formula is C26H27N3O4. The number of carbonyl (C=O) groups is 3. The lowest BCUT2D eigenvalue weighted by Gasteiger charge is -2.32. The quantitative estimate of drug-likeness (QED) is 0.593. The molecule has 7 nitrogen and oxygen atoms in total. The Labute approximate surface area is 192 Å². The Morgan fingerprint density at radius 2 is 1.79 bits per heavy atom. The Morgan fingerprint density at radius 1 is 1.09 bits per heavy atom. The Balaban J connectivity index is 1.28. The highest BCUT2D eigenvalue weighted by molar-refractivity contribution is 6.07. The normalized spacial score (nSPS) is 21.4. The lowest BCUT2D eigenvalue weighted by molar-refractivity contribution is -0.123. The number of nitrogens with one attached hydrogen (secondary N) is 2. The van der Waals surface area contributed by atoms with E-state index in [-0.39, 0.29) is 5.91 Å². The van der Waals surface area contributed by atoms with Crippen LogP contribution in [-0.4, -0.2) is 35.8 Å². The second-order valence-electron chi connectivity index (χ2n) is 9.32. The van der Waals surface area contributed by atoms with Gasteiger partial charge in [-0.3, -0.25) is 14.9 Å². The van der Waals surface area contributed by atoms with Crippen LogP contribution in [0.15, 0.2) is 47.1 Å². The van der Waals surface area contributed by atoms with Gasteiger partial charge in [-0.15, -0.1) is 0 Å². The highest BCUT2D eigenvalue weighted by Gasteiger charge is 2.43. The number of aryl methyl sites for hydroxylation is 2. The number of carbonyl (C=O) groups excluding carboxylic acids is 3. The van der Waals surface area contributed by atoms with E-state index in [1.165, 1.54) is 22.1 Å². The average molecular weight is 446 g/mol. The molecular weight excluding hydrogens is 418 g/mol. The third kappa shape index (κ3) is 3.57. The van der Waals surface area contributed by atoms with E-state index in [9.17, 15) is 14.4 Å². The molecule has 7 heteroatoms. The van der Waals surface area contributed by atoms with E-state index in [0.29, 0.717) is 30.1 Å². The third-order valence-corrected chi connectivity index (χ3v) is 7.02. The molecule has 1 atom stereocenters. The maximum atomic E-state index is 13.1. The molecule has 4 amide bonds. The first-order valence-corrected chi connectivity index (χ1v) is 11.3. The minimum atomic E-state index is -1.12. The molecule has 0 spiro atoms. The Kier molecular flexibility index (Phi) is 5.00. The molecule has 0 radical (unpaired) electrons. The van der Waals surface area contributed by atoms with E-state index in [1.807, 2.05) is 11.2 Å². The molecule has 0 bridgehead atoms. The number of hydrogen-bond acceptors (Lipinski definition) is 4. The van der Waals surface area contributed by atoms with Crippen LogP contribution in [0, 0.1) is 13.8 Å². The van der Waals surface area contributed by atoms with Crippen molar-refractivity contribution in [2.45, 2.75) is 45.1 Å². The van der Waals surface area contributed by atoms with Gasteiger partial charge in [-0.05, 0) is 74.4 Å². The van der Waals surface area contributed by atoms with Gasteiger partial charge in [0.25, 0.3) is 11.8 Å². The number of imide groups is 1. The van der Waals surface area contributed by atoms with Gasteiger partial charge in [0.15, 0.2) is 0 Å². The predicted molar refractivity (Wildman–Crippen MR) is 124 cm³/mol. The van der Waals surface area contributed by atoms with Gasteiger partial charge in [-0.1, -0.05) is 18.2 Å². The summed E-state index contributed by atoms with van der Waals surface area (Å²) in [5, 5.41) is 6.11. The van der Waals surface area contributed by atoms with E-state index in [0.717, 1.165) is 18.4 Å². The van der Waals surface area contributed by atoms with Crippen LogP contribution in [0.1, 0.15) is 58.3 Å². The maximum Gasteiger partial charge on any atom is 0.322 e. The molecule has 33 heavy (non-hydrogen) atoms. The zero-order valence-corrected chi connectivity index (χ0v) is 19.0. The molecule has 3 heterocycles. The van der Waals surface area contributed by atoms with Crippen LogP contribution in [0.5, 0.6) is 0 Å². The van der Waals surface area contributed by atoms with Crippen LogP contribution < -0.4 is 10.6 Å². The van der Waals surface area contributed by atoms with Gasteiger partial charge >= 0.3 is 6.03 Å². The molecule has 2 fully saturated rings. The topological polar surface area (TPSA) is 91.7 Å². The van der Waals surface area contributed by atoms with Crippen molar-refractivity contribution in [2.24, 2.45) is 0 Å². The number of furan rings is 1. The molecule has 1 unspecified atom stereocenters. The van der Waals surface area contributed by atoms with Gasteiger partial charge in [0.05, 0.1) is 6.26 Å². The summed E-state index contributed by atoms with van der Waals surface area (Å²) in [4.78, 5) is 38.6. The van der Waals surface area contributed by atoms with Crippen LogP contribution in [-0.2, 0) is 10.3 Å². The van der Waals surface area contributed by atoms with Crippen LogP contribution in [0.4, 0.5) is 4.79 Å². The van der Waals surface area contributed by atoms with E-state index >= 15 is 0 Å². The highest BCUT2D eigenvalue weighted by Crippen LogP contribution is 2.37. The summed E-state index contributed by atoms with van der Waals surface area (Å²) in [6, 6.07) is 10.7. The molecule has 0 saturated carbocycles. The highest BCUT2D eigenvalue weighted by atomic mass is 16.3. The summed E-state index contributed by atoms with van der Waals surface area (Å²) in [6.45, 7) is 7.21. The van der Waals surface area contributed by atoms with E-state index in [4.69, 9.17) is 4.42 Å². The summed E-state index contributed by atoms with van der Waals surface area (Å²) in [6.07, 6.45) is 3.66. The average Bonchev–Trinajstić information content (AvgIpc) is 3.34. The smallest absolute Gasteiger partial charge is 0.322 e. The van der Waals surface area contributed by atoms with E-state index in [1.54, 1.807) is 31.2 Å². The monoisotopic (exact) mass is 445 g/mol. The first kappa shape index (κ1) is 21.2. The fraction of sp³-hybridized carbons (Fsp3) is 0.346. The molecule has 2 aliphatic heterocycles. The number of hydrogen-bond donors (Lipinski definition) is 2. The number of amides is 4. The second-order valence-corrected chi connectivity index (χ2v) is 9.32. The molecule has 1 aromatic heterocycles. The lowest BCUT2D eigenvalue weighted by Crippen LogP contribution is -2.40. The van der Waals surface area contributed by atoms with Crippen LogP contribution in [0.2, 0.25) is 0 Å². The minimum Gasteiger partial charge on any atom is -0.464 e. The zero-order valence-electron chi connectivity index (χ0n) is 19.0.